The zero-order chi connectivity index (χ0) is 12.4. The van der Waals surface area contributed by atoms with Crippen molar-refractivity contribution in [1.82, 2.24) is 10.3 Å². The molecular formula is C14H18N2OS. The number of nitrogens with zero attached hydrogens (tertiary/aromatic N) is 1. The molecule has 0 amide bonds. The Morgan fingerprint density at radius 2 is 2.44 bits per heavy atom. The molecule has 0 spiro atoms. The minimum absolute atomic E-state index is 0.713. The minimum atomic E-state index is 0.713. The average molecular weight is 262 g/mol. The first-order valence-corrected chi connectivity index (χ1v) is 7.40. The van der Waals surface area contributed by atoms with Crippen LogP contribution in [0.25, 0.3) is 10.2 Å². The van der Waals surface area contributed by atoms with Crippen molar-refractivity contribution in [2.45, 2.75) is 19.8 Å². The van der Waals surface area contributed by atoms with Crippen molar-refractivity contribution in [2.24, 2.45) is 5.92 Å². The molecule has 1 fully saturated rings. The number of rotatable bonds is 4. The summed E-state index contributed by atoms with van der Waals surface area (Å²) in [5.74, 6) is 1.71. The summed E-state index contributed by atoms with van der Waals surface area (Å²) in [5.41, 5.74) is 1.10. The van der Waals surface area contributed by atoms with Crippen molar-refractivity contribution < 1.29 is 4.74 Å². The van der Waals surface area contributed by atoms with E-state index in [0.29, 0.717) is 6.61 Å². The van der Waals surface area contributed by atoms with Gasteiger partial charge in [0.15, 0.2) is 0 Å². The number of thiazole rings is 1. The fourth-order valence-electron chi connectivity index (χ4n) is 2.43. The topological polar surface area (TPSA) is 34.1 Å². The average Bonchev–Trinajstić information content (AvgIpc) is 2.98. The molecule has 1 unspecified atom stereocenters. The Labute approximate surface area is 111 Å². The molecule has 0 radical (unpaired) electrons. The number of nitrogens with one attached hydrogen (secondary N) is 1. The van der Waals surface area contributed by atoms with Gasteiger partial charge in [0.05, 0.1) is 21.8 Å². The second-order valence-corrected chi connectivity index (χ2v) is 5.85. The summed E-state index contributed by atoms with van der Waals surface area (Å²) < 4.78 is 6.76. The van der Waals surface area contributed by atoms with Gasteiger partial charge in [-0.3, -0.25) is 0 Å². The third-order valence-electron chi connectivity index (χ3n) is 3.34. The van der Waals surface area contributed by atoms with Crippen molar-refractivity contribution in [1.29, 1.82) is 0 Å². The fraction of sp³-hybridized carbons (Fsp3) is 0.500. The Hall–Kier alpha value is -1.13. The van der Waals surface area contributed by atoms with Gasteiger partial charge in [-0.15, -0.1) is 11.3 Å². The van der Waals surface area contributed by atoms with Crippen LogP contribution in [0.5, 0.6) is 5.75 Å². The van der Waals surface area contributed by atoms with Crippen molar-refractivity contribution in [2.75, 3.05) is 19.7 Å². The highest BCUT2D eigenvalue weighted by Gasteiger charge is 2.17. The number of fused-ring (bicyclic) bond motifs is 1. The highest BCUT2D eigenvalue weighted by atomic mass is 32.1. The van der Waals surface area contributed by atoms with Gasteiger partial charge in [-0.05, 0) is 50.6 Å². The molecule has 1 aromatic carbocycles. The molecule has 1 aliphatic rings. The first-order chi connectivity index (χ1) is 8.85. The summed E-state index contributed by atoms with van der Waals surface area (Å²) in [6.45, 7) is 5.02. The Morgan fingerprint density at radius 3 is 3.22 bits per heavy atom. The van der Waals surface area contributed by atoms with E-state index in [1.54, 1.807) is 11.3 Å². The maximum absolute atomic E-state index is 5.53. The second kappa shape index (κ2) is 5.24. The number of aromatic nitrogens is 1. The highest BCUT2D eigenvalue weighted by Crippen LogP contribution is 2.28. The Bertz CT molecular complexity index is 532. The zero-order valence-corrected chi connectivity index (χ0v) is 11.4. The Morgan fingerprint density at radius 1 is 1.50 bits per heavy atom. The van der Waals surface area contributed by atoms with Gasteiger partial charge in [-0.1, -0.05) is 0 Å². The molecule has 2 heterocycles. The van der Waals surface area contributed by atoms with Gasteiger partial charge < -0.3 is 10.1 Å². The van der Waals surface area contributed by atoms with Crippen LogP contribution < -0.4 is 10.1 Å². The van der Waals surface area contributed by atoms with Gasteiger partial charge in [0, 0.05) is 6.42 Å². The minimum Gasteiger partial charge on any atom is -0.494 e. The molecule has 18 heavy (non-hydrogen) atoms. The smallest absolute Gasteiger partial charge is 0.120 e. The van der Waals surface area contributed by atoms with Crippen molar-refractivity contribution >= 4 is 21.6 Å². The summed E-state index contributed by atoms with van der Waals surface area (Å²) >= 11 is 1.81. The standard InChI is InChI=1S/C14H18N2OS/c1-2-17-11-3-4-12-13(8-11)18-14(16-12)7-10-5-6-15-9-10/h3-4,8,10,15H,2,5-7,9H2,1H3. The zero-order valence-electron chi connectivity index (χ0n) is 10.6. The lowest BCUT2D eigenvalue weighted by atomic mass is 10.1. The van der Waals surface area contributed by atoms with Crippen LogP contribution in [0.2, 0.25) is 0 Å². The number of ether oxygens (including phenoxy) is 1. The van der Waals surface area contributed by atoms with E-state index >= 15 is 0 Å². The predicted molar refractivity (Wildman–Crippen MR) is 75.5 cm³/mol. The molecule has 3 rings (SSSR count). The molecule has 96 valence electrons. The van der Waals surface area contributed by atoms with Gasteiger partial charge in [0.1, 0.15) is 5.75 Å². The molecule has 1 aromatic heterocycles. The molecule has 1 N–H and O–H groups in total. The van der Waals surface area contributed by atoms with Gasteiger partial charge in [-0.2, -0.15) is 0 Å². The third-order valence-corrected chi connectivity index (χ3v) is 4.38. The van der Waals surface area contributed by atoms with E-state index in [2.05, 4.69) is 17.4 Å². The molecule has 1 aliphatic heterocycles. The molecule has 0 bridgehead atoms. The quantitative estimate of drug-likeness (QED) is 0.920. The van der Waals surface area contributed by atoms with Crippen LogP contribution in [0.15, 0.2) is 18.2 Å². The van der Waals surface area contributed by atoms with Gasteiger partial charge in [-0.25, -0.2) is 4.98 Å². The monoisotopic (exact) mass is 262 g/mol. The molecule has 1 atom stereocenters. The van der Waals surface area contributed by atoms with Crippen LogP contribution in [0.3, 0.4) is 0 Å². The summed E-state index contributed by atoms with van der Waals surface area (Å²) in [5, 5.41) is 4.67. The van der Waals surface area contributed by atoms with Gasteiger partial charge in [0.25, 0.3) is 0 Å². The highest BCUT2D eigenvalue weighted by molar-refractivity contribution is 7.18. The van der Waals surface area contributed by atoms with Crippen LogP contribution in [0, 0.1) is 5.92 Å². The van der Waals surface area contributed by atoms with E-state index < -0.39 is 0 Å². The Kier molecular flexibility index (Phi) is 3.48. The molecule has 0 saturated carbocycles. The maximum Gasteiger partial charge on any atom is 0.120 e. The third kappa shape index (κ3) is 2.49. The summed E-state index contributed by atoms with van der Waals surface area (Å²) in [6.07, 6.45) is 2.39. The number of hydrogen-bond acceptors (Lipinski definition) is 4. The maximum atomic E-state index is 5.53. The fourth-order valence-corrected chi connectivity index (χ4v) is 3.54. The second-order valence-electron chi connectivity index (χ2n) is 4.73. The van der Waals surface area contributed by atoms with E-state index in [0.717, 1.165) is 36.7 Å². The molecule has 3 nitrogen and oxygen atoms in total. The molecule has 2 aromatic rings. The van der Waals surface area contributed by atoms with Crippen LogP contribution in [-0.2, 0) is 6.42 Å². The summed E-state index contributed by atoms with van der Waals surface area (Å²) in [4.78, 5) is 4.71. The summed E-state index contributed by atoms with van der Waals surface area (Å²) in [7, 11) is 0. The Balaban J connectivity index is 1.81. The van der Waals surface area contributed by atoms with Crippen molar-refractivity contribution in [3.63, 3.8) is 0 Å². The van der Waals surface area contributed by atoms with Gasteiger partial charge in [0.2, 0.25) is 0 Å². The molecule has 0 aliphatic carbocycles. The number of hydrogen-bond donors (Lipinski definition) is 1. The van der Waals surface area contributed by atoms with Crippen LogP contribution >= 0.6 is 11.3 Å². The van der Waals surface area contributed by atoms with E-state index in [1.807, 2.05) is 13.0 Å². The predicted octanol–water partition coefficient (Wildman–Crippen LogP) is 2.85. The SMILES string of the molecule is CCOc1ccc2nc(CC3CCNC3)sc2c1. The lowest BCUT2D eigenvalue weighted by molar-refractivity contribution is 0.341. The first kappa shape index (κ1) is 11.9. The normalized spacial score (nSPS) is 19.5. The molecule has 4 heteroatoms. The van der Waals surface area contributed by atoms with Crippen LogP contribution in [-0.4, -0.2) is 24.7 Å². The van der Waals surface area contributed by atoms with Crippen LogP contribution in [0.1, 0.15) is 18.4 Å². The van der Waals surface area contributed by atoms with Gasteiger partial charge >= 0.3 is 0 Å². The van der Waals surface area contributed by atoms with E-state index in [1.165, 1.54) is 16.1 Å². The van der Waals surface area contributed by atoms with Crippen molar-refractivity contribution in [3.8, 4) is 5.75 Å². The molecular weight excluding hydrogens is 244 g/mol. The number of benzene rings is 1. The lowest BCUT2D eigenvalue weighted by Gasteiger charge is -2.03. The molecule has 1 saturated heterocycles. The lowest BCUT2D eigenvalue weighted by Crippen LogP contribution is -2.10. The van der Waals surface area contributed by atoms with E-state index in [4.69, 9.17) is 9.72 Å². The van der Waals surface area contributed by atoms with E-state index in [-0.39, 0.29) is 0 Å². The van der Waals surface area contributed by atoms with E-state index in [9.17, 15) is 0 Å². The largest absolute Gasteiger partial charge is 0.494 e. The van der Waals surface area contributed by atoms with Crippen LogP contribution in [0.4, 0.5) is 0 Å². The first-order valence-electron chi connectivity index (χ1n) is 6.58. The summed E-state index contributed by atoms with van der Waals surface area (Å²) in [6, 6.07) is 6.17. The van der Waals surface area contributed by atoms with Crippen molar-refractivity contribution in [3.05, 3.63) is 23.2 Å².